The molecule has 0 saturated carbocycles. The van der Waals surface area contributed by atoms with Crippen LogP contribution in [-0.4, -0.2) is 138 Å². The molecule has 5 rings (SSSR count). The van der Waals surface area contributed by atoms with E-state index < -0.39 is 144 Å². The van der Waals surface area contributed by atoms with E-state index in [1.165, 1.54) is 13.0 Å². The molecular formula is C51H59F2N9O14S. The molecule has 0 aliphatic carbocycles. The summed E-state index contributed by atoms with van der Waals surface area (Å²) in [6.07, 6.45) is -2.11. The third-order valence-electron chi connectivity index (χ3n) is 12.5. The smallest absolute Gasteiger partial charge is 0.331 e. The van der Waals surface area contributed by atoms with Crippen molar-refractivity contribution in [2.75, 3.05) is 25.4 Å². The highest BCUT2D eigenvalue weighted by molar-refractivity contribution is 8.00. The molecule has 1 aliphatic rings. The topological polar surface area (TPSA) is 362 Å². The van der Waals surface area contributed by atoms with Gasteiger partial charge in [0.15, 0.2) is 0 Å². The molecule has 0 radical (unpaired) electrons. The number of carboxylic acids is 3. The molecule has 4 aromatic rings. The van der Waals surface area contributed by atoms with E-state index in [9.17, 15) is 76.8 Å². The number of imide groups is 1. The summed E-state index contributed by atoms with van der Waals surface area (Å²) in [5, 5.41) is 37.4. The zero-order chi connectivity index (χ0) is 56.5. The number of carbonyl (C=O) groups excluding carboxylic acids is 6. The maximum Gasteiger partial charge on any atom is 0.331 e. The van der Waals surface area contributed by atoms with Gasteiger partial charge in [-0.05, 0) is 61.4 Å². The molecule has 77 heavy (non-hydrogen) atoms. The van der Waals surface area contributed by atoms with Crippen LogP contribution in [0.15, 0.2) is 82.4 Å². The zero-order valence-corrected chi connectivity index (χ0v) is 42.5. The Morgan fingerprint density at radius 3 is 1.91 bits per heavy atom. The number of nitrogens with two attached hydrogens (primary N) is 2. The quantitative estimate of drug-likeness (QED) is 0.0324. The largest absolute Gasteiger partial charge is 0.480 e. The van der Waals surface area contributed by atoms with E-state index in [1.54, 1.807) is 36.4 Å². The van der Waals surface area contributed by atoms with E-state index in [2.05, 4.69) is 21.3 Å². The molecule has 1 aliphatic heterocycles. The van der Waals surface area contributed by atoms with E-state index in [1.807, 2.05) is 18.2 Å². The number of likely N-dealkylation sites (tertiary alicyclic amines) is 1. The summed E-state index contributed by atoms with van der Waals surface area (Å²) < 4.78 is 31.9. The number of nitrogens with one attached hydrogen (secondary N) is 4. The summed E-state index contributed by atoms with van der Waals surface area (Å²) in [6, 6.07) is 12.6. The SMILES string of the molecule is Cc1c(-c2cccc(CCC(=O)NC(CCC(=O)NC(CCC(=O)NCC(N)C(=O)NC(CSC3CC(=O)N(CCN)C3=O)C(=O)O)C(=O)O)C(=O)O)c2)c(=O)n(CCc2ccccc2)c(=O)n1Cc1c(F)cccc1F. The molecule has 5 unspecified atom stereocenters. The van der Waals surface area contributed by atoms with E-state index in [0.717, 1.165) is 43.5 Å². The van der Waals surface area contributed by atoms with Gasteiger partial charge in [-0.2, -0.15) is 0 Å². The highest BCUT2D eigenvalue weighted by Gasteiger charge is 2.39. The summed E-state index contributed by atoms with van der Waals surface area (Å²) in [5.74, 6) is -11.0. The molecule has 0 bridgehead atoms. The van der Waals surface area contributed by atoms with Gasteiger partial charge in [-0.1, -0.05) is 60.7 Å². The fourth-order valence-corrected chi connectivity index (χ4v) is 9.38. The molecule has 5 atom stereocenters. The number of nitrogens with zero attached hydrogens (tertiary/aromatic N) is 3. The number of carboxylic acid groups (broad SMARTS) is 3. The van der Waals surface area contributed by atoms with Gasteiger partial charge in [0.25, 0.3) is 5.56 Å². The Morgan fingerprint density at radius 2 is 1.30 bits per heavy atom. The van der Waals surface area contributed by atoms with Crippen LogP contribution in [0.4, 0.5) is 8.78 Å². The second-order valence-electron chi connectivity index (χ2n) is 17.9. The fraction of sp³-hybridized carbons (Fsp3) is 0.392. The fourth-order valence-electron chi connectivity index (χ4n) is 8.20. The minimum absolute atomic E-state index is 0.00816. The first-order valence-corrected chi connectivity index (χ1v) is 25.3. The van der Waals surface area contributed by atoms with Gasteiger partial charge >= 0.3 is 23.6 Å². The van der Waals surface area contributed by atoms with Gasteiger partial charge in [-0.3, -0.25) is 47.6 Å². The molecule has 26 heteroatoms. The Hall–Kier alpha value is -8.10. The van der Waals surface area contributed by atoms with Crippen molar-refractivity contribution >= 4 is 65.1 Å². The van der Waals surface area contributed by atoms with E-state index >= 15 is 0 Å². The number of amides is 6. The van der Waals surface area contributed by atoms with Gasteiger partial charge in [-0.25, -0.2) is 28.0 Å². The van der Waals surface area contributed by atoms with Crippen LogP contribution in [0.3, 0.4) is 0 Å². The van der Waals surface area contributed by atoms with Crippen molar-refractivity contribution in [1.82, 2.24) is 35.3 Å². The predicted octanol–water partition coefficient (Wildman–Crippen LogP) is 0.0187. The molecule has 1 fully saturated rings. The average molecular weight is 1090 g/mol. The molecule has 3 aromatic carbocycles. The number of thioether (sulfide) groups is 1. The van der Waals surface area contributed by atoms with Crippen LogP contribution in [-0.2, 0) is 69.1 Å². The van der Waals surface area contributed by atoms with Crippen LogP contribution in [0, 0.1) is 18.6 Å². The lowest BCUT2D eigenvalue weighted by Crippen LogP contribution is -2.53. The molecule has 1 saturated heterocycles. The van der Waals surface area contributed by atoms with Crippen molar-refractivity contribution in [1.29, 1.82) is 0 Å². The van der Waals surface area contributed by atoms with Crippen molar-refractivity contribution < 1.29 is 67.3 Å². The summed E-state index contributed by atoms with van der Waals surface area (Å²) in [7, 11) is 0. The average Bonchev–Trinajstić information content (AvgIpc) is 3.66. The Kier molecular flexibility index (Phi) is 21.9. The summed E-state index contributed by atoms with van der Waals surface area (Å²) in [4.78, 5) is 141. The second kappa shape index (κ2) is 28.2. The lowest BCUT2D eigenvalue weighted by atomic mass is 10.00. The number of aromatic nitrogens is 2. The number of halogens is 2. The standard InChI is InChI=1S/C51H59F2N9O14S/c1-28-44(47(69)61(21-19-29-7-3-2-4-8-29)51(76)62(28)26-32-33(52)11-6-12-34(32)53)31-10-5-9-30(23-31)13-16-41(64)57-37(49(72)73)15-18-42(65)58-36(48(70)71)14-17-40(63)56-25-35(55)45(67)59-38(50(74)75)27-77-39-24-43(66)60(22-20-54)46(39)68/h2-12,23,35-39H,13-22,24-27,54-55H2,1H3,(H,56,63)(H,57,64)(H,58,65)(H,59,67)(H,70,71)(H,72,73)(H,74,75). The number of hydrogen-bond donors (Lipinski definition) is 9. The minimum Gasteiger partial charge on any atom is -0.480 e. The summed E-state index contributed by atoms with van der Waals surface area (Å²) >= 11 is 0.854. The van der Waals surface area contributed by atoms with Crippen LogP contribution in [0.5, 0.6) is 0 Å². The van der Waals surface area contributed by atoms with E-state index in [-0.39, 0.29) is 67.9 Å². The molecule has 1 aromatic heterocycles. The van der Waals surface area contributed by atoms with Gasteiger partial charge in [0.1, 0.15) is 35.8 Å². The lowest BCUT2D eigenvalue weighted by molar-refractivity contribution is -0.143. The number of benzene rings is 3. The highest BCUT2D eigenvalue weighted by Crippen LogP contribution is 2.26. The highest BCUT2D eigenvalue weighted by atomic mass is 32.2. The number of aryl methyl sites for hydroxylation is 2. The molecule has 412 valence electrons. The van der Waals surface area contributed by atoms with Crippen LogP contribution in [0.1, 0.15) is 60.9 Å². The first-order valence-electron chi connectivity index (χ1n) is 24.3. The second-order valence-corrected chi connectivity index (χ2v) is 19.2. The first-order chi connectivity index (χ1) is 36.6. The first kappa shape index (κ1) is 59.8. The molecule has 2 heterocycles. The number of hydrogen-bond acceptors (Lipinski definition) is 14. The monoisotopic (exact) mass is 1090 g/mol. The zero-order valence-electron chi connectivity index (χ0n) is 41.7. The summed E-state index contributed by atoms with van der Waals surface area (Å²) in [5.41, 5.74) is 11.3. The Balaban J connectivity index is 1.12. The lowest BCUT2D eigenvalue weighted by Gasteiger charge is -2.19. The Morgan fingerprint density at radius 1 is 0.714 bits per heavy atom. The number of rotatable bonds is 29. The van der Waals surface area contributed by atoms with Crippen molar-refractivity contribution in [3.8, 4) is 11.1 Å². The van der Waals surface area contributed by atoms with Crippen LogP contribution in [0.2, 0.25) is 0 Å². The van der Waals surface area contributed by atoms with Gasteiger partial charge < -0.3 is 48.1 Å². The van der Waals surface area contributed by atoms with E-state index in [4.69, 9.17) is 11.5 Å². The van der Waals surface area contributed by atoms with Crippen molar-refractivity contribution in [3.63, 3.8) is 0 Å². The van der Waals surface area contributed by atoms with E-state index in [0.29, 0.717) is 11.1 Å². The van der Waals surface area contributed by atoms with Gasteiger partial charge in [-0.15, -0.1) is 11.8 Å². The van der Waals surface area contributed by atoms with Crippen LogP contribution < -0.4 is 44.0 Å². The minimum atomic E-state index is -1.63. The van der Waals surface area contributed by atoms with Crippen molar-refractivity contribution in [3.05, 3.63) is 128 Å². The summed E-state index contributed by atoms with van der Waals surface area (Å²) in [6.45, 7) is 0.453. The third-order valence-corrected chi connectivity index (χ3v) is 13.8. The Labute approximate surface area is 442 Å². The molecule has 23 nitrogen and oxygen atoms in total. The molecule has 6 amide bonds. The van der Waals surface area contributed by atoms with Gasteiger partial charge in [0, 0.05) is 68.9 Å². The normalized spacial score (nSPS) is 14.8. The third kappa shape index (κ3) is 16.7. The maximum atomic E-state index is 14.9. The predicted molar refractivity (Wildman–Crippen MR) is 274 cm³/mol. The Bertz CT molecular complexity index is 2970. The van der Waals surface area contributed by atoms with Crippen molar-refractivity contribution in [2.45, 2.75) is 101 Å². The van der Waals surface area contributed by atoms with Crippen molar-refractivity contribution in [2.24, 2.45) is 11.5 Å². The van der Waals surface area contributed by atoms with Gasteiger partial charge in [0.05, 0.1) is 17.4 Å². The number of aliphatic carboxylic acids is 3. The molecule has 0 spiro atoms. The number of carbonyl (C=O) groups is 9. The molecule has 11 N–H and O–H groups in total. The molecular weight excluding hydrogens is 1030 g/mol. The maximum absolute atomic E-state index is 14.9. The van der Waals surface area contributed by atoms with Gasteiger partial charge in [0.2, 0.25) is 35.4 Å². The van der Waals surface area contributed by atoms with Crippen LogP contribution >= 0.6 is 11.8 Å². The van der Waals surface area contributed by atoms with Crippen LogP contribution in [0.25, 0.3) is 11.1 Å².